The van der Waals surface area contributed by atoms with Crippen LogP contribution < -0.4 is 5.32 Å². The van der Waals surface area contributed by atoms with E-state index in [4.69, 9.17) is 9.47 Å². The van der Waals surface area contributed by atoms with Crippen molar-refractivity contribution in [2.24, 2.45) is 0 Å². The number of ether oxygens (including phenoxy) is 2. The lowest BCUT2D eigenvalue weighted by Gasteiger charge is -2.03. The quantitative estimate of drug-likeness (QED) is 0.460. The average molecular weight is 310 g/mol. The fraction of sp³-hybridized carbons (Fsp3) is 0.571. The maximum atomic E-state index is 11.4. The van der Waals surface area contributed by atoms with Crippen molar-refractivity contribution in [3.05, 3.63) is 24.0 Å². The Morgan fingerprint density at radius 1 is 1.27 bits per heavy atom. The second kappa shape index (κ2) is 10.6. The predicted molar refractivity (Wildman–Crippen MR) is 79.0 cm³/mol. The highest BCUT2D eigenvalue weighted by atomic mass is 16.5. The number of aromatic nitrogens is 3. The van der Waals surface area contributed by atoms with Gasteiger partial charge in [-0.15, -0.1) is 5.10 Å². The molecule has 8 nitrogen and oxygen atoms in total. The van der Waals surface area contributed by atoms with E-state index in [-0.39, 0.29) is 18.2 Å². The van der Waals surface area contributed by atoms with Crippen LogP contribution >= 0.6 is 0 Å². The highest BCUT2D eigenvalue weighted by Gasteiger charge is 2.02. The normalized spacial score (nSPS) is 11.0. The molecule has 1 aromatic heterocycles. The predicted octanol–water partition coefficient (Wildman–Crippen LogP) is 0.0926. The lowest BCUT2D eigenvalue weighted by atomic mass is 10.3. The third-order valence-electron chi connectivity index (χ3n) is 2.54. The lowest BCUT2D eigenvalue weighted by molar-refractivity contribution is -0.117. The van der Waals surface area contributed by atoms with Crippen molar-refractivity contribution in [2.45, 2.75) is 26.9 Å². The number of carbonyl (C=O) groups excluding carboxylic acids is 2. The van der Waals surface area contributed by atoms with Gasteiger partial charge < -0.3 is 14.8 Å². The topological polar surface area (TPSA) is 95.3 Å². The molecule has 0 spiro atoms. The SMILES string of the molecule is CCOCCOCCn1cc(CNC(=O)/C=C\C(C)=O)nn1. The first-order chi connectivity index (χ1) is 10.6. The number of nitrogens with one attached hydrogen (secondary N) is 1. The summed E-state index contributed by atoms with van der Waals surface area (Å²) in [6.45, 7) is 6.49. The maximum absolute atomic E-state index is 11.4. The molecule has 122 valence electrons. The fourth-order valence-corrected chi connectivity index (χ4v) is 1.48. The van der Waals surface area contributed by atoms with Crippen LogP contribution in [0.5, 0.6) is 0 Å². The van der Waals surface area contributed by atoms with Gasteiger partial charge >= 0.3 is 0 Å². The summed E-state index contributed by atoms with van der Waals surface area (Å²) in [5.74, 6) is -0.519. The van der Waals surface area contributed by atoms with Crippen LogP contribution in [0.2, 0.25) is 0 Å². The minimum atomic E-state index is -0.344. The molecule has 1 amide bonds. The molecule has 0 aliphatic rings. The van der Waals surface area contributed by atoms with Crippen molar-refractivity contribution in [2.75, 3.05) is 26.4 Å². The summed E-state index contributed by atoms with van der Waals surface area (Å²) < 4.78 is 12.2. The first kappa shape index (κ1) is 18.0. The molecular weight excluding hydrogens is 288 g/mol. The van der Waals surface area contributed by atoms with Crippen molar-refractivity contribution in [3.8, 4) is 0 Å². The van der Waals surface area contributed by atoms with Gasteiger partial charge in [0.25, 0.3) is 0 Å². The van der Waals surface area contributed by atoms with Gasteiger partial charge in [0.15, 0.2) is 5.78 Å². The molecule has 22 heavy (non-hydrogen) atoms. The smallest absolute Gasteiger partial charge is 0.244 e. The van der Waals surface area contributed by atoms with Gasteiger partial charge in [-0.1, -0.05) is 5.21 Å². The van der Waals surface area contributed by atoms with Gasteiger partial charge in [0, 0.05) is 12.7 Å². The van der Waals surface area contributed by atoms with Crippen molar-refractivity contribution in [1.29, 1.82) is 0 Å². The molecule has 0 aromatic carbocycles. The molecule has 1 heterocycles. The van der Waals surface area contributed by atoms with E-state index in [0.717, 1.165) is 0 Å². The molecule has 8 heteroatoms. The van der Waals surface area contributed by atoms with Crippen LogP contribution in [-0.4, -0.2) is 53.1 Å². The van der Waals surface area contributed by atoms with E-state index in [2.05, 4.69) is 15.6 Å². The number of carbonyl (C=O) groups is 2. The minimum absolute atomic E-state index is 0.176. The monoisotopic (exact) mass is 310 g/mol. The summed E-state index contributed by atoms with van der Waals surface area (Å²) in [5, 5.41) is 10.5. The van der Waals surface area contributed by atoms with E-state index in [0.29, 0.717) is 38.7 Å². The van der Waals surface area contributed by atoms with Gasteiger partial charge in [-0.2, -0.15) is 0 Å². The number of amides is 1. The van der Waals surface area contributed by atoms with Crippen LogP contribution in [0, 0.1) is 0 Å². The first-order valence-electron chi connectivity index (χ1n) is 7.12. The molecule has 1 N–H and O–H groups in total. The summed E-state index contributed by atoms with van der Waals surface area (Å²) in [6.07, 6.45) is 4.14. The third kappa shape index (κ3) is 8.28. The fourth-order valence-electron chi connectivity index (χ4n) is 1.48. The molecule has 0 aliphatic carbocycles. The average Bonchev–Trinajstić information content (AvgIpc) is 2.94. The van der Waals surface area contributed by atoms with Crippen LogP contribution in [0.25, 0.3) is 0 Å². The van der Waals surface area contributed by atoms with E-state index in [1.165, 1.54) is 19.1 Å². The largest absolute Gasteiger partial charge is 0.379 e. The van der Waals surface area contributed by atoms with Crippen LogP contribution in [0.1, 0.15) is 19.5 Å². The molecule has 0 unspecified atom stereocenters. The standard InChI is InChI=1S/C14H22N4O4/c1-3-21-8-9-22-7-6-18-11-13(16-17-18)10-15-14(20)5-4-12(2)19/h4-5,11H,3,6-10H2,1-2H3,(H,15,20)/b5-4-. The highest BCUT2D eigenvalue weighted by Crippen LogP contribution is 1.93. The maximum Gasteiger partial charge on any atom is 0.244 e. The Morgan fingerprint density at radius 3 is 2.77 bits per heavy atom. The molecule has 0 fully saturated rings. The Labute approximate surface area is 129 Å². The summed E-state index contributed by atoms with van der Waals surface area (Å²) in [4.78, 5) is 22.1. The van der Waals surface area contributed by atoms with E-state index < -0.39 is 0 Å². The summed E-state index contributed by atoms with van der Waals surface area (Å²) >= 11 is 0. The van der Waals surface area contributed by atoms with Gasteiger partial charge in [-0.25, -0.2) is 4.68 Å². The number of nitrogens with zero attached hydrogens (tertiary/aromatic N) is 3. The van der Waals surface area contributed by atoms with Crippen molar-refractivity contribution in [3.63, 3.8) is 0 Å². The Balaban J connectivity index is 2.21. The van der Waals surface area contributed by atoms with Crippen molar-refractivity contribution < 1.29 is 19.1 Å². The van der Waals surface area contributed by atoms with Crippen LogP contribution in [0.4, 0.5) is 0 Å². The van der Waals surface area contributed by atoms with Crippen LogP contribution in [0.15, 0.2) is 18.3 Å². The van der Waals surface area contributed by atoms with E-state index in [1.807, 2.05) is 6.92 Å². The summed E-state index contributed by atoms with van der Waals surface area (Å²) in [5.41, 5.74) is 0.638. The third-order valence-corrected chi connectivity index (χ3v) is 2.54. The number of rotatable bonds is 11. The van der Waals surface area contributed by atoms with Crippen molar-refractivity contribution >= 4 is 11.7 Å². The Bertz CT molecular complexity index is 499. The van der Waals surface area contributed by atoms with Crippen molar-refractivity contribution in [1.82, 2.24) is 20.3 Å². The van der Waals surface area contributed by atoms with Gasteiger partial charge in [0.05, 0.1) is 39.1 Å². The molecule has 0 radical (unpaired) electrons. The zero-order valence-corrected chi connectivity index (χ0v) is 12.9. The van der Waals surface area contributed by atoms with E-state index in [1.54, 1.807) is 10.9 Å². The van der Waals surface area contributed by atoms with E-state index >= 15 is 0 Å². The minimum Gasteiger partial charge on any atom is -0.379 e. The summed E-state index contributed by atoms with van der Waals surface area (Å²) in [6, 6.07) is 0. The second-order valence-electron chi connectivity index (χ2n) is 4.44. The Morgan fingerprint density at radius 2 is 2.05 bits per heavy atom. The molecule has 0 atom stereocenters. The van der Waals surface area contributed by atoms with E-state index in [9.17, 15) is 9.59 Å². The number of hydrogen-bond acceptors (Lipinski definition) is 6. The second-order valence-corrected chi connectivity index (χ2v) is 4.44. The van der Waals surface area contributed by atoms with Crippen LogP contribution in [-0.2, 0) is 32.2 Å². The molecular formula is C14H22N4O4. The van der Waals surface area contributed by atoms with Gasteiger partial charge in [0.1, 0.15) is 5.69 Å². The Hall–Kier alpha value is -2.06. The summed E-state index contributed by atoms with van der Waals surface area (Å²) in [7, 11) is 0. The molecule has 1 aromatic rings. The molecule has 0 aliphatic heterocycles. The number of hydrogen-bond donors (Lipinski definition) is 1. The van der Waals surface area contributed by atoms with Gasteiger partial charge in [0.2, 0.25) is 5.91 Å². The number of ketones is 1. The van der Waals surface area contributed by atoms with Gasteiger partial charge in [-0.3, -0.25) is 9.59 Å². The molecule has 1 rings (SSSR count). The highest BCUT2D eigenvalue weighted by molar-refractivity contribution is 5.96. The zero-order chi connectivity index (χ0) is 16.2. The zero-order valence-electron chi connectivity index (χ0n) is 12.9. The molecule has 0 bridgehead atoms. The van der Waals surface area contributed by atoms with Gasteiger partial charge in [-0.05, 0) is 19.9 Å². The Kier molecular flexibility index (Phi) is 8.70. The first-order valence-corrected chi connectivity index (χ1v) is 7.12. The molecule has 0 saturated heterocycles. The van der Waals surface area contributed by atoms with Crippen LogP contribution in [0.3, 0.4) is 0 Å². The molecule has 0 saturated carbocycles. The lowest BCUT2D eigenvalue weighted by Crippen LogP contribution is -2.20. The number of allylic oxidation sites excluding steroid dienone is 1.